The summed E-state index contributed by atoms with van der Waals surface area (Å²) in [6, 6.07) is 14.0. The van der Waals surface area contributed by atoms with Crippen molar-refractivity contribution in [2.45, 2.75) is 37.5 Å². The Balaban J connectivity index is 1.70. The predicted octanol–water partition coefficient (Wildman–Crippen LogP) is 2.42. The molecule has 3 rings (SSSR count). The second kappa shape index (κ2) is 9.59. The molecule has 0 fully saturated rings. The van der Waals surface area contributed by atoms with E-state index in [0.29, 0.717) is 11.4 Å². The summed E-state index contributed by atoms with van der Waals surface area (Å²) in [6.45, 7) is 1.99. The van der Waals surface area contributed by atoms with Crippen LogP contribution >= 0.6 is 0 Å². The summed E-state index contributed by atoms with van der Waals surface area (Å²) in [4.78, 5) is 12.0. The number of unbranched alkanes of at least 4 members (excludes halogenated alkanes) is 1. The first-order valence-corrected chi connectivity index (χ1v) is 11.1. The van der Waals surface area contributed by atoms with Crippen molar-refractivity contribution >= 4 is 16.0 Å². The highest BCUT2D eigenvalue weighted by Crippen LogP contribution is 2.18. The van der Waals surface area contributed by atoms with Crippen molar-refractivity contribution in [2.75, 3.05) is 6.54 Å². The molecule has 0 aliphatic heterocycles. The minimum atomic E-state index is -3.78. The molecule has 0 aliphatic carbocycles. The average molecular weight is 430 g/mol. The lowest BCUT2D eigenvalue weighted by molar-refractivity contribution is -0.136. The Hall–Kier alpha value is -3.11. The van der Waals surface area contributed by atoms with E-state index in [1.54, 1.807) is 12.1 Å². The molecule has 2 aromatic carbocycles. The normalized spacial score (nSPS) is 11.5. The number of sulfonamides is 1. The molecule has 0 spiro atoms. The van der Waals surface area contributed by atoms with Crippen LogP contribution in [0.1, 0.15) is 31.7 Å². The number of tetrazole rings is 1. The third-order valence-corrected chi connectivity index (χ3v) is 5.93. The van der Waals surface area contributed by atoms with Gasteiger partial charge in [-0.2, -0.15) is 0 Å². The molecular formula is C20H23N5O4S. The molecule has 3 aromatic rings. The maximum atomic E-state index is 12.2. The van der Waals surface area contributed by atoms with Gasteiger partial charge in [0, 0.05) is 12.1 Å². The Morgan fingerprint density at radius 3 is 2.43 bits per heavy atom. The fourth-order valence-corrected chi connectivity index (χ4v) is 3.81. The predicted molar refractivity (Wildman–Crippen MR) is 111 cm³/mol. The van der Waals surface area contributed by atoms with E-state index in [1.165, 1.54) is 22.5 Å². The van der Waals surface area contributed by atoms with Gasteiger partial charge in [-0.25, -0.2) is 13.1 Å². The number of nitrogens with zero attached hydrogens (tertiary/aromatic N) is 4. The highest BCUT2D eigenvalue weighted by molar-refractivity contribution is 7.89. The summed E-state index contributed by atoms with van der Waals surface area (Å²) in [5.74, 6) is -0.703. The molecule has 0 aliphatic rings. The van der Waals surface area contributed by atoms with Gasteiger partial charge in [0.2, 0.25) is 15.8 Å². The summed E-state index contributed by atoms with van der Waals surface area (Å²) in [6.07, 6.45) is 3.04. The van der Waals surface area contributed by atoms with Gasteiger partial charge in [-0.1, -0.05) is 25.5 Å². The van der Waals surface area contributed by atoms with Gasteiger partial charge in [-0.15, -0.1) is 15.0 Å². The van der Waals surface area contributed by atoms with Crippen LogP contribution in [0.3, 0.4) is 0 Å². The van der Waals surface area contributed by atoms with Crippen molar-refractivity contribution < 1.29 is 18.3 Å². The van der Waals surface area contributed by atoms with Gasteiger partial charge in [0.15, 0.2) is 0 Å². The zero-order valence-corrected chi connectivity index (χ0v) is 17.3. The second-order valence-electron chi connectivity index (χ2n) is 6.74. The van der Waals surface area contributed by atoms with E-state index in [0.717, 1.165) is 24.9 Å². The van der Waals surface area contributed by atoms with E-state index in [2.05, 4.69) is 27.1 Å². The van der Waals surface area contributed by atoms with Crippen molar-refractivity contribution in [2.24, 2.45) is 0 Å². The number of carboxylic acids is 1. The maximum Gasteiger partial charge on any atom is 0.304 e. The van der Waals surface area contributed by atoms with Gasteiger partial charge in [0.1, 0.15) is 0 Å². The van der Waals surface area contributed by atoms with Crippen LogP contribution in [0.4, 0.5) is 0 Å². The van der Waals surface area contributed by atoms with E-state index >= 15 is 0 Å². The fraction of sp³-hybridized carbons (Fsp3) is 0.300. The number of carboxylic acid groups (broad SMARTS) is 1. The van der Waals surface area contributed by atoms with Crippen molar-refractivity contribution in [3.05, 3.63) is 54.1 Å². The van der Waals surface area contributed by atoms with Gasteiger partial charge in [0.25, 0.3) is 0 Å². The maximum absolute atomic E-state index is 12.2. The molecule has 0 amide bonds. The molecule has 1 heterocycles. The SMILES string of the molecule is CCCCc1ccc(-n2nnc(-c3ccc(S(=O)(=O)NCCC(=O)O)cc3)n2)cc1. The zero-order chi connectivity index (χ0) is 21.6. The standard InChI is InChI=1S/C20H23N5O4S/c1-2-3-4-15-5-9-17(10-6-15)25-23-20(22-24-25)16-7-11-18(12-8-16)30(28,29)21-14-13-19(26)27/h5-12,21H,2-4,13-14H2,1H3,(H,26,27). The van der Waals surface area contributed by atoms with Gasteiger partial charge < -0.3 is 5.11 Å². The van der Waals surface area contributed by atoms with Crippen molar-refractivity contribution in [1.82, 2.24) is 24.9 Å². The van der Waals surface area contributed by atoms with Crippen molar-refractivity contribution in [3.8, 4) is 17.1 Å². The minimum absolute atomic E-state index is 0.0340. The molecule has 30 heavy (non-hydrogen) atoms. The van der Waals surface area contributed by atoms with E-state index in [-0.39, 0.29) is 17.9 Å². The number of hydrogen-bond acceptors (Lipinski definition) is 6. The molecular weight excluding hydrogens is 406 g/mol. The first-order chi connectivity index (χ1) is 14.4. The summed E-state index contributed by atoms with van der Waals surface area (Å²) < 4.78 is 26.6. The topological polar surface area (TPSA) is 127 Å². The number of nitrogens with one attached hydrogen (secondary N) is 1. The Kier molecular flexibility index (Phi) is 6.91. The second-order valence-corrected chi connectivity index (χ2v) is 8.51. The lowest BCUT2D eigenvalue weighted by atomic mass is 10.1. The lowest BCUT2D eigenvalue weighted by Gasteiger charge is -2.05. The fourth-order valence-electron chi connectivity index (χ4n) is 2.77. The number of aryl methyl sites for hydroxylation is 1. The van der Waals surface area contributed by atoms with E-state index < -0.39 is 16.0 Å². The van der Waals surface area contributed by atoms with E-state index in [9.17, 15) is 13.2 Å². The molecule has 0 bridgehead atoms. The lowest BCUT2D eigenvalue weighted by Crippen LogP contribution is -2.26. The Bertz CT molecular complexity index is 1090. The van der Waals surface area contributed by atoms with E-state index in [1.807, 2.05) is 24.3 Å². The van der Waals surface area contributed by atoms with Gasteiger partial charge in [-0.05, 0) is 60.0 Å². The Labute approximate surface area is 174 Å². The van der Waals surface area contributed by atoms with Crippen LogP contribution in [-0.4, -0.2) is 46.2 Å². The van der Waals surface area contributed by atoms with Crippen LogP contribution in [-0.2, 0) is 21.2 Å². The summed E-state index contributed by atoms with van der Waals surface area (Å²) in [5, 5.41) is 21.1. The van der Waals surface area contributed by atoms with Crippen molar-refractivity contribution in [3.63, 3.8) is 0 Å². The summed E-state index contributed by atoms with van der Waals surface area (Å²) in [5.41, 5.74) is 2.66. The average Bonchev–Trinajstić information content (AvgIpc) is 3.22. The minimum Gasteiger partial charge on any atom is -0.481 e. The van der Waals surface area contributed by atoms with Gasteiger partial charge >= 0.3 is 5.97 Å². The third kappa shape index (κ3) is 5.49. The monoisotopic (exact) mass is 429 g/mol. The number of benzene rings is 2. The molecule has 158 valence electrons. The number of hydrogen-bond donors (Lipinski definition) is 2. The van der Waals surface area contributed by atoms with Crippen LogP contribution in [0, 0.1) is 0 Å². The highest BCUT2D eigenvalue weighted by Gasteiger charge is 2.15. The Morgan fingerprint density at radius 2 is 1.80 bits per heavy atom. The van der Waals surface area contributed by atoms with E-state index in [4.69, 9.17) is 5.11 Å². The molecule has 10 heteroatoms. The van der Waals surface area contributed by atoms with Gasteiger partial charge in [-0.3, -0.25) is 4.79 Å². The molecule has 9 nitrogen and oxygen atoms in total. The molecule has 0 unspecified atom stereocenters. The van der Waals surface area contributed by atoms with Crippen LogP contribution in [0.15, 0.2) is 53.4 Å². The molecule has 1 aromatic heterocycles. The number of aliphatic carboxylic acids is 1. The summed E-state index contributed by atoms with van der Waals surface area (Å²) in [7, 11) is -3.78. The zero-order valence-electron chi connectivity index (χ0n) is 16.5. The molecule has 0 radical (unpaired) electrons. The number of carbonyl (C=O) groups is 1. The first-order valence-electron chi connectivity index (χ1n) is 9.60. The largest absolute Gasteiger partial charge is 0.481 e. The highest BCUT2D eigenvalue weighted by atomic mass is 32.2. The molecule has 2 N–H and O–H groups in total. The van der Waals surface area contributed by atoms with Crippen molar-refractivity contribution in [1.29, 1.82) is 0 Å². The van der Waals surface area contributed by atoms with Gasteiger partial charge in [0.05, 0.1) is 17.0 Å². The molecule has 0 saturated carbocycles. The quantitative estimate of drug-likeness (QED) is 0.507. The molecule has 0 saturated heterocycles. The number of rotatable bonds is 10. The van der Waals surface area contributed by atoms with Crippen LogP contribution in [0.25, 0.3) is 17.1 Å². The summed E-state index contributed by atoms with van der Waals surface area (Å²) >= 11 is 0. The smallest absolute Gasteiger partial charge is 0.304 e. The number of aromatic nitrogens is 4. The van der Waals surface area contributed by atoms with Crippen LogP contribution in [0.2, 0.25) is 0 Å². The Morgan fingerprint density at radius 1 is 1.10 bits per heavy atom. The van der Waals surface area contributed by atoms with Crippen LogP contribution in [0.5, 0.6) is 0 Å². The molecule has 0 atom stereocenters. The third-order valence-electron chi connectivity index (χ3n) is 4.45. The first kappa shape index (κ1) is 21.6. The van der Waals surface area contributed by atoms with Crippen LogP contribution < -0.4 is 4.72 Å².